The van der Waals surface area contributed by atoms with E-state index in [0.29, 0.717) is 11.1 Å². The number of amides is 1. The van der Waals surface area contributed by atoms with Crippen molar-refractivity contribution in [2.24, 2.45) is 0 Å². The Balaban J connectivity index is 2.19. The second-order valence-electron chi connectivity index (χ2n) is 6.84. The van der Waals surface area contributed by atoms with Gasteiger partial charge in [-0.1, -0.05) is 24.3 Å². The van der Waals surface area contributed by atoms with Gasteiger partial charge in [0.15, 0.2) is 0 Å². The lowest BCUT2D eigenvalue weighted by molar-refractivity contribution is -0.385. The summed E-state index contributed by atoms with van der Waals surface area (Å²) in [5.74, 6) is -1.82. The molecule has 10 heteroatoms. The van der Waals surface area contributed by atoms with Crippen LogP contribution in [0.25, 0.3) is 0 Å². The highest BCUT2D eigenvalue weighted by Crippen LogP contribution is 2.23. The zero-order chi connectivity index (χ0) is 21.8. The van der Waals surface area contributed by atoms with Gasteiger partial charge >= 0.3 is 0 Å². The van der Waals surface area contributed by atoms with Gasteiger partial charge in [0.1, 0.15) is 5.82 Å². The van der Waals surface area contributed by atoms with E-state index in [-0.39, 0.29) is 29.5 Å². The Labute approximate surface area is 168 Å². The number of rotatable bonds is 8. The molecular weight excluding hydrogens is 401 g/mol. The molecule has 0 aliphatic heterocycles. The number of carbonyl (C=O) groups excluding carboxylic acids is 1. The van der Waals surface area contributed by atoms with Crippen LogP contribution in [-0.2, 0) is 22.3 Å². The molecule has 2 N–H and O–H groups in total. The quantitative estimate of drug-likeness (QED) is 0.500. The minimum atomic E-state index is -3.56. The van der Waals surface area contributed by atoms with E-state index in [2.05, 4.69) is 10.0 Å². The summed E-state index contributed by atoms with van der Waals surface area (Å²) in [6.45, 7) is 4.67. The molecule has 0 fully saturated rings. The molecule has 0 aliphatic carbocycles. The SMILES string of the molecule is Cc1c(F)cc(C(=O)NCc2ccccc2CS(=O)(=O)NC(C)C)cc1[N+](=O)[O-]. The van der Waals surface area contributed by atoms with Crippen LogP contribution in [0.15, 0.2) is 36.4 Å². The third-order valence-corrected chi connectivity index (χ3v) is 5.62. The first-order valence-electron chi connectivity index (χ1n) is 8.79. The van der Waals surface area contributed by atoms with Crippen LogP contribution >= 0.6 is 0 Å². The zero-order valence-electron chi connectivity index (χ0n) is 16.2. The first-order valence-corrected chi connectivity index (χ1v) is 10.4. The van der Waals surface area contributed by atoms with Crippen LogP contribution in [0.4, 0.5) is 10.1 Å². The number of benzene rings is 2. The summed E-state index contributed by atoms with van der Waals surface area (Å²) in [6.07, 6.45) is 0. The largest absolute Gasteiger partial charge is 0.348 e. The molecule has 0 saturated heterocycles. The van der Waals surface area contributed by atoms with Crippen LogP contribution in [-0.4, -0.2) is 25.3 Å². The van der Waals surface area contributed by atoms with Gasteiger partial charge in [-0.05, 0) is 38.0 Å². The predicted octanol–water partition coefficient (Wildman–Crippen LogP) is 2.80. The van der Waals surface area contributed by atoms with E-state index >= 15 is 0 Å². The summed E-state index contributed by atoms with van der Waals surface area (Å²) in [6, 6.07) is 8.38. The van der Waals surface area contributed by atoms with Gasteiger partial charge in [0.25, 0.3) is 11.6 Å². The molecule has 0 atom stereocenters. The van der Waals surface area contributed by atoms with E-state index < -0.39 is 32.4 Å². The molecule has 8 nitrogen and oxygen atoms in total. The summed E-state index contributed by atoms with van der Waals surface area (Å²) in [4.78, 5) is 22.6. The van der Waals surface area contributed by atoms with Crippen LogP contribution in [0.2, 0.25) is 0 Å². The average Bonchev–Trinajstić information content (AvgIpc) is 2.61. The molecule has 2 aromatic rings. The van der Waals surface area contributed by atoms with E-state index in [1.807, 2.05) is 0 Å². The van der Waals surface area contributed by atoms with Crippen molar-refractivity contribution in [3.8, 4) is 0 Å². The monoisotopic (exact) mass is 423 g/mol. The molecule has 29 heavy (non-hydrogen) atoms. The fourth-order valence-electron chi connectivity index (χ4n) is 2.74. The maximum Gasteiger partial charge on any atom is 0.276 e. The van der Waals surface area contributed by atoms with E-state index in [0.717, 1.165) is 12.1 Å². The van der Waals surface area contributed by atoms with E-state index in [1.165, 1.54) is 6.92 Å². The maximum absolute atomic E-state index is 13.9. The minimum absolute atomic E-state index is 0.0184. The summed E-state index contributed by atoms with van der Waals surface area (Å²) in [7, 11) is -3.56. The summed E-state index contributed by atoms with van der Waals surface area (Å²) >= 11 is 0. The van der Waals surface area contributed by atoms with Gasteiger partial charge in [-0.15, -0.1) is 0 Å². The Morgan fingerprint density at radius 3 is 2.41 bits per heavy atom. The second-order valence-corrected chi connectivity index (χ2v) is 8.60. The number of sulfonamides is 1. The third kappa shape index (κ3) is 6.06. The molecule has 0 saturated carbocycles. The number of nitro benzene ring substituents is 1. The Bertz CT molecular complexity index is 1040. The Hall–Kier alpha value is -2.85. The predicted molar refractivity (Wildman–Crippen MR) is 106 cm³/mol. The van der Waals surface area contributed by atoms with Crippen molar-refractivity contribution >= 4 is 21.6 Å². The van der Waals surface area contributed by atoms with Crippen molar-refractivity contribution in [1.29, 1.82) is 0 Å². The summed E-state index contributed by atoms with van der Waals surface area (Å²) in [5.41, 5.74) is 0.242. The summed E-state index contributed by atoms with van der Waals surface area (Å²) in [5, 5.41) is 13.6. The first-order chi connectivity index (χ1) is 13.5. The van der Waals surface area contributed by atoms with Gasteiger partial charge in [-0.3, -0.25) is 14.9 Å². The topological polar surface area (TPSA) is 118 Å². The lowest BCUT2D eigenvalue weighted by Crippen LogP contribution is -2.32. The molecule has 156 valence electrons. The van der Waals surface area contributed by atoms with Gasteiger partial charge in [0, 0.05) is 24.2 Å². The van der Waals surface area contributed by atoms with E-state index in [1.54, 1.807) is 38.1 Å². The number of nitrogens with zero attached hydrogens (tertiary/aromatic N) is 1. The number of nitro groups is 1. The molecular formula is C19H22FN3O5S. The fourth-order valence-corrected chi connectivity index (χ4v) is 4.23. The molecule has 0 spiro atoms. The summed E-state index contributed by atoms with van der Waals surface area (Å²) < 4.78 is 40.8. The normalized spacial score (nSPS) is 11.5. The molecule has 0 bridgehead atoms. The number of nitrogens with one attached hydrogen (secondary N) is 2. The third-order valence-electron chi connectivity index (χ3n) is 4.09. The highest BCUT2D eigenvalue weighted by atomic mass is 32.2. The van der Waals surface area contributed by atoms with Crippen molar-refractivity contribution in [2.45, 2.75) is 39.1 Å². The van der Waals surface area contributed by atoms with Gasteiger partial charge in [0.05, 0.1) is 16.2 Å². The van der Waals surface area contributed by atoms with Crippen molar-refractivity contribution < 1.29 is 22.5 Å². The molecule has 0 radical (unpaired) electrons. The van der Waals surface area contributed by atoms with E-state index in [9.17, 15) is 27.7 Å². The molecule has 2 rings (SSSR count). The second kappa shape index (κ2) is 9.10. The van der Waals surface area contributed by atoms with Gasteiger partial charge < -0.3 is 5.32 Å². The highest BCUT2D eigenvalue weighted by molar-refractivity contribution is 7.88. The molecule has 0 aromatic heterocycles. The lowest BCUT2D eigenvalue weighted by Gasteiger charge is -2.13. The van der Waals surface area contributed by atoms with Crippen molar-refractivity contribution in [2.75, 3.05) is 0 Å². The van der Waals surface area contributed by atoms with E-state index in [4.69, 9.17) is 0 Å². The van der Waals surface area contributed by atoms with Crippen molar-refractivity contribution in [1.82, 2.24) is 10.0 Å². The zero-order valence-corrected chi connectivity index (χ0v) is 17.0. The van der Waals surface area contributed by atoms with Crippen LogP contribution in [0, 0.1) is 22.9 Å². The van der Waals surface area contributed by atoms with Gasteiger partial charge in [-0.2, -0.15) is 0 Å². The van der Waals surface area contributed by atoms with Crippen LogP contribution in [0.3, 0.4) is 0 Å². The average molecular weight is 423 g/mol. The highest BCUT2D eigenvalue weighted by Gasteiger charge is 2.20. The van der Waals surface area contributed by atoms with Crippen molar-refractivity contribution in [3.63, 3.8) is 0 Å². The van der Waals surface area contributed by atoms with Crippen LogP contribution < -0.4 is 10.0 Å². The number of carbonyl (C=O) groups is 1. The number of hydrogen-bond acceptors (Lipinski definition) is 5. The molecule has 2 aromatic carbocycles. The first kappa shape index (κ1) is 22.4. The van der Waals surface area contributed by atoms with Crippen LogP contribution in [0.1, 0.15) is 40.9 Å². The number of halogens is 1. The Morgan fingerprint density at radius 1 is 1.21 bits per heavy atom. The Kier molecular flexibility index (Phi) is 7.04. The molecule has 0 heterocycles. The molecule has 1 amide bonds. The fraction of sp³-hybridized carbons (Fsp3) is 0.316. The molecule has 0 aliphatic rings. The van der Waals surface area contributed by atoms with Crippen molar-refractivity contribution in [3.05, 3.63) is 74.6 Å². The molecule has 0 unspecified atom stereocenters. The lowest BCUT2D eigenvalue weighted by atomic mass is 10.1. The minimum Gasteiger partial charge on any atom is -0.348 e. The van der Waals surface area contributed by atoms with Gasteiger partial charge in [0.2, 0.25) is 10.0 Å². The van der Waals surface area contributed by atoms with Gasteiger partial charge in [-0.25, -0.2) is 17.5 Å². The Morgan fingerprint density at radius 2 is 1.83 bits per heavy atom. The van der Waals surface area contributed by atoms with Crippen LogP contribution in [0.5, 0.6) is 0 Å². The number of hydrogen-bond donors (Lipinski definition) is 2. The maximum atomic E-state index is 13.9. The smallest absolute Gasteiger partial charge is 0.276 e. The standard InChI is InChI=1S/C19H22FN3O5S/c1-12(2)22-29(27,28)11-15-7-5-4-6-14(15)10-21-19(24)16-8-17(20)13(3)18(9-16)23(25)26/h4-9,12,22H,10-11H2,1-3H3,(H,21,24).